The monoisotopic (exact) mass is 393 g/mol. The van der Waals surface area contributed by atoms with Crippen LogP contribution in [0.1, 0.15) is 12.5 Å². The lowest BCUT2D eigenvalue weighted by Crippen LogP contribution is -2.30. The Hall–Kier alpha value is -2.18. The second kappa shape index (κ2) is 9.50. The number of benzene rings is 2. The maximum atomic E-state index is 12.3. The molecule has 0 radical (unpaired) electrons. The third-order valence-electron chi connectivity index (χ3n) is 3.54. The largest absolute Gasteiger partial charge is 0.495 e. The minimum Gasteiger partial charge on any atom is -0.495 e. The molecule has 0 bridgehead atoms. The van der Waals surface area contributed by atoms with Crippen LogP contribution in [0, 0.1) is 6.92 Å². The summed E-state index contributed by atoms with van der Waals surface area (Å²) >= 11 is 7.32. The summed E-state index contributed by atoms with van der Waals surface area (Å²) in [7, 11) is 1.49. The van der Waals surface area contributed by atoms with Crippen molar-refractivity contribution < 1.29 is 19.1 Å². The fourth-order valence-corrected chi connectivity index (χ4v) is 3.14. The molecule has 0 fully saturated rings. The summed E-state index contributed by atoms with van der Waals surface area (Å²) in [5.74, 6) is -0.321. The maximum absolute atomic E-state index is 12.3. The molecule has 2 rings (SSSR count). The second-order valence-corrected chi connectivity index (χ2v) is 6.97. The van der Waals surface area contributed by atoms with Crippen molar-refractivity contribution in [3.63, 3.8) is 0 Å². The number of methoxy groups -OCH3 is 1. The van der Waals surface area contributed by atoms with Gasteiger partial charge in [-0.1, -0.05) is 29.8 Å². The quantitative estimate of drug-likeness (QED) is 0.560. The van der Waals surface area contributed by atoms with E-state index in [0.29, 0.717) is 16.5 Å². The Morgan fingerprint density at radius 1 is 1.23 bits per heavy atom. The molecule has 0 spiro atoms. The summed E-state index contributed by atoms with van der Waals surface area (Å²) in [6.07, 6.45) is -0.941. The second-order valence-electron chi connectivity index (χ2n) is 5.52. The van der Waals surface area contributed by atoms with Crippen molar-refractivity contribution in [3.05, 3.63) is 53.1 Å². The lowest BCUT2D eigenvalue weighted by atomic mass is 10.2. The molecule has 0 aromatic heterocycles. The summed E-state index contributed by atoms with van der Waals surface area (Å²) < 4.78 is 10.4. The van der Waals surface area contributed by atoms with Crippen LogP contribution in [0.4, 0.5) is 5.69 Å². The van der Waals surface area contributed by atoms with Crippen LogP contribution in [-0.4, -0.2) is 30.8 Å². The van der Waals surface area contributed by atoms with Crippen LogP contribution in [0.25, 0.3) is 0 Å². The highest BCUT2D eigenvalue weighted by Crippen LogP contribution is 2.28. The number of hydrogen-bond acceptors (Lipinski definition) is 5. The average Bonchev–Trinajstić information content (AvgIpc) is 2.61. The highest BCUT2D eigenvalue weighted by atomic mass is 35.5. The van der Waals surface area contributed by atoms with Gasteiger partial charge in [-0.15, -0.1) is 11.8 Å². The highest BCUT2D eigenvalue weighted by Gasteiger charge is 2.19. The lowest BCUT2D eigenvalue weighted by molar-refractivity contribution is -0.150. The number of nitrogens with one attached hydrogen (secondary N) is 1. The summed E-state index contributed by atoms with van der Waals surface area (Å²) in [5, 5.41) is 3.12. The standard InChI is InChI=1S/C19H20ClNO4S/c1-12-6-4-5-7-17(12)26-11-18(22)25-13(2)19(23)21-15-10-14(20)8-9-16(15)24-3/h4-10,13H,11H2,1-3H3,(H,21,23)/t13-/m0/s1. The zero-order valence-electron chi connectivity index (χ0n) is 14.7. The van der Waals surface area contributed by atoms with Crippen LogP contribution in [0.3, 0.4) is 0 Å². The summed E-state index contributed by atoms with van der Waals surface area (Å²) in [4.78, 5) is 25.3. The summed E-state index contributed by atoms with van der Waals surface area (Å²) in [5.41, 5.74) is 1.51. The number of rotatable bonds is 7. The third kappa shape index (κ3) is 5.68. The Morgan fingerprint density at radius 2 is 1.96 bits per heavy atom. The Kier molecular flexibility index (Phi) is 7.36. The Morgan fingerprint density at radius 3 is 2.65 bits per heavy atom. The minimum atomic E-state index is -0.941. The first-order valence-electron chi connectivity index (χ1n) is 7.93. The molecule has 26 heavy (non-hydrogen) atoms. The van der Waals surface area contributed by atoms with Crippen molar-refractivity contribution in [2.24, 2.45) is 0 Å². The van der Waals surface area contributed by atoms with Gasteiger partial charge in [-0.2, -0.15) is 0 Å². The lowest BCUT2D eigenvalue weighted by Gasteiger charge is -2.15. The molecule has 0 aliphatic carbocycles. The van der Waals surface area contributed by atoms with E-state index >= 15 is 0 Å². The molecule has 0 heterocycles. The number of carbonyl (C=O) groups is 2. The summed E-state index contributed by atoms with van der Waals surface area (Å²) in [6.45, 7) is 3.49. The molecule has 7 heteroatoms. The van der Waals surface area contributed by atoms with Gasteiger partial charge in [-0.3, -0.25) is 9.59 Å². The predicted molar refractivity (Wildman–Crippen MR) is 104 cm³/mol. The van der Waals surface area contributed by atoms with E-state index < -0.39 is 18.0 Å². The van der Waals surface area contributed by atoms with Crippen molar-refractivity contribution in [2.75, 3.05) is 18.2 Å². The minimum absolute atomic E-state index is 0.128. The van der Waals surface area contributed by atoms with Gasteiger partial charge in [0.2, 0.25) is 0 Å². The number of ether oxygens (including phenoxy) is 2. The van der Waals surface area contributed by atoms with E-state index in [9.17, 15) is 9.59 Å². The normalized spacial score (nSPS) is 11.5. The van der Waals surface area contributed by atoms with Crippen molar-refractivity contribution in [1.82, 2.24) is 0 Å². The number of hydrogen-bond donors (Lipinski definition) is 1. The third-order valence-corrected chi connectivity index (χ3v) is 4.92. The molecule has 1 amide bonds. The van der Waals surface area contributed by atoms with Gasteiger partial charge in [0.25, 0.3) is 5.91 Å². The number of esters is 1. The van der Waals surface area contributed by atoms with E-state index in [1.807, 2.05) is 31.2 Å². The average molecular weight is 394 g/mol. The maximum Gasteiger partial charge on any atom is 0.317 e. The highest BCUT2D eigenvalue weighted by molar-refractivity contribution is 8.00. The Balaban J connectivity index is 1.89. The predicted octanol–water partition coefficient (Wildman–Crippen LogP) is 4.32. The van der Waals surface area contributed by atoms with Crippen molar-refractivity contribution >= 4 is 40.9 Å². The number of anilines is 1. The number of amides is 1. The Labute approximate surface area is 162 Å². The molecule has 0 saturated carbocycles. The van der Waals surface area contributed by atoms with Crippen LogP contribution in [0.2, 0.25) is 5.02 Å². The van der Waals surface area contributed by atoms with Crippen molar-refractivity contribution in [2.45, 2.75) is 24.8 Å². The Bertz CT molecular complexity index is 797. The van der Waals surface area contributed by atoms with E-state index in [1.54, 1.807) is 18.2 Å². The van der Waals surface area contributed by atoms with E-state index in [2.05, 4.69) is 5.32 Å². The van der Waals surface area contributed by atoms with Gasteiger partial charge >= 0.3 is 5.97 Å². The molecule has 1 atom stereocenters. The topological polar surface area (TPSA) is 64.6 Å². The molecule has 138 valence electrons. The molecule has 0 aliphatic rings. The zero-order chi connectivity index (χ0) is 19.1. The first-order chi connectivity index (χ1) is 12.4. The molecule has 2 aromatic carbocycles. The smallest absolute Gasteiger partial charge is 0.317 e. The van der Waals surface area contributed by atoms with E-state index in [-0.39, 0.29) is 5.75 Å². The van der Waals surface area contributed by atoms with Crippen LogP contribution < -0.4 is 10.1 Å². The SMILES string of the molecule is COc1ccc(Cl)cc1NC(=O)[C@H](C)OC(=O)CSc1ccccc1C. The molecule has 5 nitrogen and oxygen atoms in total. The molecule has 1 N–H and O–H groups in total. The van der Waals surface area contributed by atoms with Crippen molar-refractivity contribution in [3.8, 4) is 5.75 Å². The molecular weight excluding hydrogens is 374 g/mol. The molecule has 0 aliphatic heterocycles. The molecule has 2 aromatic rings. The molecular formula is C19H20ClNO4S. The fraction of sp³-hybridized carbons (Fsp3) is 0.263. The molecule has 0 saturated heterocycles. The van der Waals surface area contributed by atoms with Gasteiger partial charge in [0.15, 0.2) is 6.10 Å². The van der Waals surface area contributed by atoms with Crippen LogP contribution in [0.15, 0.2) is 47.4 Å². The number of thioether (sulfide) groups is 1. The van der Waals surface area contributed by atoms with Crippen LogP contribution in [-0.2, 0) is 14.3 Å². The van der Waals surface area contributed by atoms with E-state index in [0.717, 1.165) is 10.5 Å². The van der Waals surface area contributed by atoms with Crippen LogP contribution in [0.5, 0.6) is 5.75 Å². The van der Waals surface area contributed by atoms with Crippen LogP contribution >= 0.6 is 23.4 Å². The van der Waals surface area contributed by atoms with E-state index in [4.69, 9.17) is 21.1 Å². The number of aryl methyl sites for hydroxylation is 1. The van der Waals surface area contributed by atoms with E-state index in [1.165, 1.54) is 25.8 Å². The zero-order valence-corrected chi connectivity index (χ0v) is 16.3. The molecule has 0 unspecified atom stereocenters. The first-order valence-corrected chi connectivity index (χ1v) is 9.29. The van der Waals surface area contributed by atoms with Gasteiger partial charge < -0.3 is 14.8 Å². The first kappa shape index (κ1) is 20.1. The van der Waals surface area contributed by atoms with Gasteiger partial charge in [0, 0.05) is 9.92 Å². The number of halogens is 1. The van der Waals surface area contributed by atoms with Gasteiger partial charge in [0.05, 0.1) is 18.6 Å². The van der Waals surface area contributed by atoms with Gasteiger partial charge in [0.1, 0.15) is 5.75 Å². The van der Waals surface area contributed by atoms with Gasteiger partial charge in [-0.25, -0.2) is 0 Å². The van der Waals surface area contributed by atoms with Crippen molar-refractivity contribution in [1.29, 1.82) is 0 Å². The fourth-order valence-electron chi connectivity index (χ4n) is 2.15. The number of carbonyl (C=O) groups excluding carboxylic acids is 2. The summed E-state index contributed by atoms with van der Waals surface area (Å²) in [6, 6.07) is 12.6. The van der Waals surface area contributed by atoms with Gasteiger partial charge in [-0.05, 0) is 43.7 Å².